The summed E-state index contributed by atoms with van der Waals surface area (Å²) < 4.78 is 0. The minimum Gasteiger partial charge on any atom is -0.480 e. The van der Waals surface area contributed by atoms with Crippen LogP contribution >= 0.6 is 35.0 Å². The summed E-state index contributed by atoms with van der Waals surface area (Å²) in [6, 6.07) is 3.82. The SMILES string of the molecule is NC(CSCCC(=O)c1ccc(Cl)c(Cl)c1)C(=O)O. The lowest BCUT2D eigenvalue weighted by atomic mass is 10.1. The number of halogens is 2. The van der Waals surface area contributed by atoms with Gasteiger partial charge in [0, 0.05) is 23.5 Å². The number of hydrogen-bond acceptors (Lipinski definition) is 4. The van der Waals surface area contributed by atoms with Crippen LogP contribution in [0.15, 0.2) is 18.2 Å². The van der Waals surface area contributed by atoms with Gasteiger partial charge in [0.05, 0.1) is 10.0 Å². The number of carbonyl (C=O) groups is 2. The zero-order chi connectivity index (χ0) is 14.4. The van der Waals surface area contributed by atoms with Crippen molar-refractivity contribution in [2.75, 3.05) is 11.5 Å². The predicted octanol–water partition coefficient (Wildman–Crippen LogP) is 2.71. The van der Waals surface area contributed by atoms with Crippen LogP contribution in [-0.4, -0.2) is 34.4 Å². The third-order valence-corrected chi connectivity index (χ3v) is 4.16. The van der Waals surface area contributed by atoms with Crippen molar-refractivity contribution in [1.82, 2.24) is 0 Å². The summed E-state index contributed by atoms with van der Waals surface area (Å²) >= 11 is 12.9. The van der Waals surface area contributed by atoms with E-state index in [0.717, 1.165) is 0 Å². The number of Topliss-reactive ketones (excluding diaryl/α,β-unsaturated/α-hetero) is 1. The van der Waals surface area contributed by atoms with Crippen molar-refractivity contribution < 1.29 is 14.7 Å². The fourth-order valence-electron chi connectivity index (χ4n) is 1.26. The number of carboxylic acid groups (broad SMARTS) is 1. The zero-order valence-electron chi connectivity index (χ0n) is 9.94. The second-order valence-corrected chi connectivity index (χ2v) is 5.79. The summed E-state index contributed by atoms with van der Waals surface area (Å²) in [5.74, 6) is -0.303. The molecule has 4 nitrogen and oxygen atoms in total. The molecule has 0 radical (unpaired) electrons. The Balaban J connectivity index is 2.39. The summed E-state index contributed by atoms with van der Waals surface area (Å²) in [5, 5.41) is 9.34. The molecule has 0 amide bonds. The lowest BCUT2D eigenvalue weighted by Crippen LogP contribution is -2.32. The van der Waals surface area contributed by atoms with Crippen LogP contribution in [0.3, 0.4) is 0 Å². The van der Waals surface area contributed by atoms with Crippen LogP contribution < -0.4 is 5.73 Å². The van der Waals surface area contributed by atoms with E-state index in [1.54, 1.807) is 12.1 Å². The minimum absolute atomic E-state index is 0.0602. The molecule has 0 saturated heterocycles. The monoisotopic (exact) mass is 321 g/mol. The third kappa shape index (κ3) is 5.40. The quantitative estimate of drug-likeness (QED) is 0.596. The van der Waals surface area contributed by atoms with Gasteiger partial charge in [-0.05, 0) is 18.2 Å². The molecule has 1 rings (SSSR count). The molecular weight excluding hydrogens is 309 g/mol. The first-order valence-corrected chi connectivity index (χ1v) is 7.37. The van der Waals surface area contributed by atoms with Gasteiger partial charge in [0.1, 0.15) is 6.04 Å². The van der Waals surface area contributed by atoms with Crippen molar-refractivity contribution in [3.05, 3.63) is 33.8 Å². The summed E-state index contributed by atoms with van der Waals surface area (Å²) in [4.78, 5) is 22.3. The first-order chi connectivity index (χ1) is 8.91. The number of thioether (sulfide) groups is 1. The molecule has 0 saturated carbocycles. The molecule has 1 atom stereocenters. The summed E-state index contributed by atoms with van der Waals surface area (Å²) in [6.45, 7) is 0. The molecule has 104 valence electrons. The Morgan fingerprint density at radius 1 is 1.32 bits per heavy atom. The molecule has 1 aromatic carbocycles. The van der Waals surface area contributed by atoms with E-state index >= 15 is 0 Å². The van der Waals surface area contributed by atoms with Gasteiger partial charge in [0.25, 0.3) is 0 Å². The van der Waals surface area contributed by atoms with Gasteiger partial charge in [-0.25, -0.2) is 0 Å². The molecule has 0 aliphatic heterocycles. The van der Waals surface area contributed by atoms with E-state index < -0.39 is 12.0 Å². The molecular formula is C12H13Cl2NO3S. The summed E-state index contributed by atoms with van der Waals surface area (Å²) in [6.07, 6.45) is 0.301. The van der Waals surface area contributed by atoms with E-state index in [9.17, 15) is 9.59 Å². The van der Waals surface area contributed by atoms with E-state index in [-0.39, 0.29) is 11.5 Å². The van der Waals surface area contributed by atoms with Gasteiger partial charge >= 0.3 is 5.97 Å². The predicted molar refractivity (Wildman–Crippen MR) is 78.3 cm³/mol. The number of carboxylic acids is 1. The Bertz CT molecular complexity index is 482. The smallest absolute Gasteiger partial charge is 0.321 e. The van der Waals surface area contributed by atoms with Crippen molar-refractivity contribution in [1.29, 1.82) is 0 Å². The maximum Gasteiger partial charge on any atom is 0.321 e. The molecule has 0 aromatic heterocycles. The fraction of sp³-hybridized carbons (Fsp3) is 0.333. The van der Waals surface area contributed by atoms with Crippen LogP contribution in [0.2, 0.25) is 10.0 Å². The largest absolute Gasteiger partial charge is 0.480 e. The summed E-state index contributed by atoms with van der Waals surface area (Å²) in [7, 11) is 0. The van der Waals surface area contributed by atoms with Crippen LogP contribution in [0.4, 0.5) is 0 Å². The van der Waals surface area contributed by atoms with Crippen molar-refractivity contribution in [2.45, 2.75) is 12.5 Å². The lowest BCUT2D eigenvalue weighted by Gasteiger charge is -2.06. The summed E-state index contributed by atoms with van der Waals surface area (Å²) in [5.41, 5.74) is 5.84. The maximum absolute atomic E-state index is 11.8. The number of aliphatic carboxylic acids is 1. The van der Waals surface area contributed by atoms with Crippen molar-refractivity contribution in [3.8, 4) is 0 Å². The topological polar surface area (TPSA) is 80.4 Å². The van der Waals surface area contributed by atoms with Crippen LogP contribution in [0.25, 0.3) is 0 Å². The van der Waals surface area contributed by atoms with Gasteiger partial charge in [-0.3, -0.25) is 9.59 Å². The number of benzene rings is 1. The highest BCUT2D eigenvalue weighted by Crippen LogP contribution is 2.23. The molecule has 1 aromatic rings. The first kappa shape index (κ1) is 16.3. The van der Waals surface area contributed by atoms with Gasteiger partial charge in [-0.15, -0.1) is 0 Å². The van der Waals surface area contributed by atoms with Gasteiger partial charge in [-0.1, -0.05) is 23.2 Å². The average molecular weight is 322 g/mol. The number of hydrogen-bond donors (Lipinski definition) is 2. The van der Waals surface area contributed by atoms with Crippen LogP contribution in [0.1, 0.15) is 16.8 Å². The molecule has 0 spiro atoms. The number of rotatable bonds is 7. The highest BCUT2D eigenvalue weighted by molar-refractivity contribution is 7.99. The Hall–Kier alpha value is -0.750. The van der Waals surface area contributed by atoms with E-state index in [2.05, 4.69) is 0 Å². The minimum atomic E-state index is -1.04. The number of ketones is 1. The Morgan fingerprint density at radius 3 is 2.58 bits per heavy atom. The van der Waals surface area contributed by atoms with Gasteiger partial charge in [-0.2, -0.15) is 11.8 Å². The second kappa shape index (κ2) is 7.75. The van der Waals surface area contributed by atoms with E-state index in [1.165, 1.54) is 17.8 Å². The molecule has 0 heterocycles. The average Bonchev–Trinajstić information content (AvgIpc) is 2.37. The van der Waals surface area contributed by atoms with Crippen molar-refractivity contribution in [2.24, 2.45) is 5.73 Å². The van der Waals surface area contributed by atoms with E-state index in [1.807, 2.05) is 0 Å². The Morgan fingerprint density at radius 2 is 2.00 bits per heavy atom. The second-order valence-electron chi connectivity index (χ2n) is 3.82. The first-order valence-electron chi connectivity index (χ1n) is 5.46. The molecule has 19 heavy (non-hydrogen) atoms. The molecule has 7 heteroatoms. The molecule has 0 fully saturated rings. The van der Waals surface area contributed by atoms with Crippen LogP contribution in [0, 0.1) is 0 Å². The van der Waals surface area contributed by atoms with Gasteiger partial charge in [0.15, 0.2) is 5.78 Å². The van der Waals surface area contributed by atoms with Crippen molar-refractivity contribution >= 4 is 46.7 Å². The van der Waals surface area contributed by atoms with Gasteiger partial charge < -0.3 is 10.8 Å². The standard InChI is InChI=1S/C12H13Cl2NO3S/c13-8-2-1-7(5-9(8)14)11(16)3-4-19-6-10(15)12(17)18/h1-2,5,10H,3-4,6,15H2,(H,17,18). The van der Waals surface area contributed by atoms with Crippen molar-refractivity contribution in [3.63, 3.8) is 0 Å². The highest BCUT2D eigenvalue weighted by atomic mass is 35.5. The maximum atomic E-state index is 11.8. The molecule has 1 unspecified atom stereocenters. The third-order valence-electron chi connectivity index (χ3n) is 2.33. The van der Waals surface area contributed by atoms with E-state index in [4.69, 9.17) is 34.0 Å². The van der Waals surface area contributed by atoms with Gasteiger partial charge in [0.2, 0.25) is 0 Å². The Kier molecular flexibility index (Phi) is 6.65. The van der Waals surface area contributed by atoms with Crippen LogP contribution in [-0.2, 0) is 4.79 Å². The highest BCUT2D eigenvalue weighted by Gasteiger charge is 2.12. The molecule has 0 bridgehead atoms. The molecule has 3 N–H and O–H groups in total. The zero-order valence-corrected chi connectivity index (χ0v) is 12.3. The number of nitrogens with two attached hydrogens (primary N) is 1. The lowest BCUT2D eigenvalue weighted by molar-refractivity contribution is -0.137. The Labute approximate surface area is 125 Å². The van der Waals surface area contributed by atoms with E-state index in [0.29, 0.717) is 27.8 Å². The number of carbonyl (C=O) groups excluding carboxylic acids is 1. The normalized spacial score (nSPS) is 12.2. The van der Waals surface area contributed by atoms with Crippen LogP contribution in [0.5, 0.6) is 0 Å². The fourth-order valence-corrected chi connectivity index (χ4v) is 2.45. The molecule has 0 aliphatic rings. The molecule has 0 aliphatic carbocycles.